The zero-order valence-electron chi connectivity index (χ0n) is 14.6. The molecule has 2 rings (SSSR count). The number of aliphatic imine (C=N–C) groups is 1. The molecule has 23 heavy (non-hydrogen) atoms. The fourth-order valence-electron chi connectivity index (χ4n) is 2.70. The molecule has 128 valence electrons. The second-order valence-corrected chi connectivity index (χ2v) is 7.59. The van der Waals surface area contributed by atoms with Crippen molar-refractivity contribution in [2.45, 2.75) is 30.9 Å². The summed E-state index contributed by atoms with van der Waals surface area (Å²) in [5.41, 5.74) is 2.64. The number of anilines is 1. The second-order valence-electron chi connectivity index (χ2n) is 6.18. The van der Waals surface area contributed by atoms with Gasteiger partial charge in [-0.05, 0) is 49.1 Å². The van der Waals surface area contributed by atoms with Crippen LogP contribution in [0.5, 0.6) is 0 Å². The van der Waals surface area contributed by atoms with E-state index in [-0.39, 0.29) is 0 Å². The SMILES string of the molecule is CN=C(NCCCc1ccc(N(C)C)cc1)NCC1CCCS1. The highest BCUT2D eigenvalue weighted by Crippen LogP contribution is 2.25. The van der Waals surface area contributed by atoms with Crippen molar-refractivity contribution in [1.29, 1.82) is 0 Å². The Morgan fingerprint density at radius 2 is 2.04 bits per heavy atom. The summed E-state index contributed by atoms with van der Waals surface area (Å²) in [5, 5.41) is 7.61. The third-order valence-electron chi connectivity index (χ3n) is 4.13. The quantitative estimate of drug-likeness (QED) is 0.457. The molecule has 0 bridgehead atoms. The van der Waals surface area contributed by atoms with Gasteiger partial charge in [0.05, 0.1) is 0 Å². The third-order valence-corrected chi connectivity index (χ3v) is 5.53. The van der Waals surface area contributed by atoms with Gasteiger partial charge in [0.15, 0.2) is 5.96 Å². The van der Waals surface area contributed by atoms with E-state index in [1.807, 2.05) is 7.05 Å². The standard InChI is InChI=1S/C18H30N4S/c1-19-18(21-14-17-7-5-13-23-17)20-12-4-6-15-8-10-16(11-9-15)22(2)3/h8-11,17H,4-7,12-14H2,1-3H3,(H2,19,20,21). The van der Waals surface area contributed by atoms with Gasteiger partial charge in [0.25, 0.3) is 0 Å². The molecule has 1 aromatic carbocycles. The Morgan fingerprint density at radius 1 is 1.26 bits per heavy atom. The highest BCUT2D eigenvalue weighted by Gasteiger charge is 2.15. The summed E-state index contributed by atoms with van der Waals surface area (Å²) >= 11 is 2.07. The zero-order chi connectivity index (χ0) is 16.5. The number of hydrogen-bond acceptors (Lipinski definition) is 3. The lowest BCUT2D eigenvalue weighted by molar-refractivity contribution is 0.710. The van der Waals surface area contributed by atoms with Crippen LogP contribution < -0.4 is 15.5 Å². The predicted octanol–water partition coefficient (Wildman–Crippen LogP) is 2.75. The van der Waals surface area contributed by atoms with E-state index in [0.717, 1.165) is 37.1 Å². The number of hydrogen-bond donors (Lipinski definition) is 2. The molecular formula is C18H30N4S. The van der Waals surface area contributed by atoms with Crippen LogP contribution in [-0.4, -0.2) is 51.2 Å². The van der Waals surface area contributed by atoms with E-state index in [1.165, 1.54) is 29.8 Å². The minimum Gasteiger partial charge on any atom is -0.378 e. The first kappa shape index (κ1) is 18.0. The molecule has 1 atom stereocenters. The molecule has 0 saturated carbocycles. The molecule has 0 amide bonds. The van der Waals surface area contributed by atoms with E-state index in [9.17, 15) is 0 Å². The van der Waals surface area contributed by atoms with E-state index >= 15 is 0 Å². The van der Waals surface area contributed by atoms with Crippen molar-refractivity contribution >= 4 is 23.4 Å². The van der Waals surface area contributed by atoms with Gasteiger partial charge < -0.3 is 15.5 Å². The Kier molecular flexibility index (Phi) is 7.59. The van der Waals surface area contributed by atoms with Crippen molar-refractivity contribution in [3.05, 3.63) is 29.8 Å². The predicted molar refractivity (Wildman–Crippen MR) is 104 cm³/mol. The van der Waals surface area contributed by atoms with Crippen molar-refractivity contribution in [1.82, 2.24) is 10.6 Å². The maximum Gasteiger partial charge on any atom is 0.191 e. The summed E-state index contributed by atoms with van der Waals surface area (Å²) in [4.78, 5) is 6.43. The first-order chi connectivity index (χ1) is 11.2. The Morgan fingerprint density at radius 3 is 2.65 bits per heavy atom. The van der Waals surface area contributed by atoms with E-state index in [4.69, 9.17) is 0 Å². The van der Waals surface area contributed by atoms with Gasteiger partial charge in [0.2, 0.25) is 0 Å². The smallest absolute Gasteiger partial charge is 0.191 e. The minimum absolute atomic E-state index is 0.753. The van der Waals surface area contributed by atoms with Gasteiger partial charge >= 0.3 is 0 Å². The van der Waals surface area contributed by atoms with Crippen molar-refractivity contribution in [2.24, 2.45) is 4.99 Å². The Bertz CT molecular complexity index is 478. The topological polar surface area (TPSA) is 39.7 Å². The lowest BCUT2D eigenvalue weighted by atomic mass is 10.1. The van der Waals surface area contributed by atoms with Crippen LogP contribution in [0.4, 0.5) is 5.69 Å². The first-order valence-corrected chi connectivity index (χ1v) is 9.56. The summed E-state index contributed by atoms with van der Waals surface area (Å²) in [7, 11) is 5.99. The molecule has 1 heterocycles. The van der Waals surface area contributed by atoms with E-state index < -0.39 is 0 Å². The number of thioether (sulfide) groups is 1. The fraction of sp³-hybridized carbons (Fsp3) is 0.611. The van der Waals surface area contributed by atoms with Gasteiger partial charge in [-0.3, -0.25) is 4.99 Å². The lowest BCUT2D eigenvalue weighted by Gasteiger charge is -2.15. The summed E-state index contributed by atoms with van der Waals surface area (Å²) in [5.74, 6) is 2.24. The molecule has 0 radical (unpaired) electrons. The lowest BCUT2D eigenvalue weighted by Crippen LogP contribution is -2.40. The molecule has 2 N–H and O–H groups in total. The van der Waals surface area contributed by atoms with Gasteiger partial charge in [-0.1, -0.05) is 12.1 Å². The van der Waals surface area contributed by atoms with E-state index in [2.05, 4.69) is 70.6 Å². The van der Waals surface area contributed by atoms with Crippen molar-refractivity contribution in [3.8, 4) is 0 Å². The molecule has 0 aliphatic carbocycles. The molecule has 1 unspecified atom stereocenters. The van der Waals surface area contributed by atoms with Crippen LogP contribution in [0.3, 0.4) is 0 Å². The normalized spacial score (nSPS) is 18.0. The van der Waals surface area contributed by atoms with Gasteiger partial charge in [-0.15, -0.1) is 0 Å². The average molecular weight is 335 g/mol. The molecule has 1 aliphatic rings. The molecule has 5 heteroatoms. The average Bonchev–Trinajstić information content (AvgIpc) is 3.08. The van der Waals surface area contributed by atoms with E-state index in [1.54, 1.807) is 0 Å². The molecule has 1 saturated heterocycles. The van der Waals surface area contributed by atoms with Crippen molar-refractivity contribution in [2.75, 3.05) is 44.9 Å². The number of nitrogens with zero attached hydrogens (tertiary/aromatic N) is 2. The van der Waals surface area contributed by atoms with Gasteiger partial charge in [-0.2, -0.15) is 11.8 Å². The highest BCUT2D eigenvalue weighted by molar-refractivity contribution is 8.00. The van der Waals surface area contributed by atoms with Crippen LogP contribution in [0.25, 0.3) is 0 Å². The highest BCUT2D eigenvalue weighted by atomic mass is 32.2. The van der Waals surface area contributed by atoms with Crippen LogP contribution in [0.1, 0.15) is 24.8 Å². The summed E-state index contributed by atoms with van der Waals surface area (Å²) in [6, 6.07) is 8.81. The maximum absolute atomic E-state index is 4.30. The Labute approximate surface area is 145 Å². The minimum atomic E-state index is 0.753. The van der Waals surface area contributed by atoms with Crippen molar-refractivity contribution in [3.63, 3.8) is 0 Å². The largest absolute Gasteiger partial charge is 0.378 e. The van der Waals surface area contributed by atoms with Crippen LogP contribution in [0.15, 0.2) is 29.3 Å². The van der Waals surface area contributed by atoms with Crippen LogP contribution in [-0.2, 0) is 6.42 Å². The van der Waals surface area contributed by atoms with Crippen molar-refractivity contribution < 1.29 is 0 Å². The van der Waals surface area contributed by atoms with Gasteiger partial charge in [-0.25, -0.2) is 0 Å². The Hall–Kier alpha value is -1.36. The van der Waals surface area contributed by atoms with Gasteiger partial charge in [0, 0.05) is 45.2 Å². The molecular weight excluding hydrogens is 304 g/mol. The molecule has 4 nitrogen and oxygen atoms in total. The Balaban J connectivity index is 1.63. The first-order valence-electron chi connectivity index (χ1n) is 8.51. The van der Waals surface area contributed by atoms with Crippen LogP contribution in [0, 0.1) is 0 Å². The number of rotatable bonds is 7. The zero-order valence-corrected chi connectivity index (χ0v) is 15.5. The van der Waals surface area contributed by atoms with E-state index in [0.29, 0.717) is 0 Å². The number of aryl methyl sites for hydroxylation is 1. The summed E-state index contributed by atoms with van der Waals surface area (Å²) in [6.45, 7) is 1.98. The number of nitrogens with one attached hydrogen (secondary N) is 2. The van der Waals surface area contributed by atoms with Crippen LogP contribution in [0.2, 0.25) is 0 Å². The van der Waals surface area contributed by atoms with Gasteiger partial charge in [0.1, 0.15) is 0 Å². The number of guanidine groups is 1. The summed E-state index contributed by atoms with van der Waals surface area (Å²) < 4.78 is 0. The van der Waals surface area contributed by atoms with Crippen LogP contribution >= 0.6 is 11.8 Å². The second kappa shape index (κ2) is 9.71. The molecule has 0 aromatic heterocycles. The molecule has 1 fully saturated rings. The maximum atomic E-state index is 4.30. The summed E-state index contributed by atoms with van der Waals surface area (Å²) in [6.07, 6.45) is 4.89. The molecule has 1 aliphatic heterocycles. The molecule has 0 spiro atoms. The number of benzene rings is 1. The third kappa shape index (κ3) is 6.34. The monoisotopic (exact) mass is 334 g/mol. The molecule has 1 aromatic rings. The fourth-order valence-corrected chi connectivity index (χ4v) is 3.90.